The zero-order valence-electron chi connectivity index (χ0n) is 11.1. The van der Waals surface area contributed by atoms with Crippen LogP contribution in [0.2, 0.25) is 0 Å². The van der Waals surface area contributed by atoms with E-state index in [0.29, 0.717) is 5.92 Å². The second-order valence-corrected chi connectivity index (χ2v) is 5.15. The van der Waals surface area contributed by atoms with Gasteiger partial charge in [-0.1, -0.05) is 37.3 Å². The first-order chi connectivity index (χ1) is 9.16. The van der Waals surface area contributed by atoms with E-state index in [1.54, 1.807) is 0 Å². The van der Waals surface area contributed by atoms with E-state index in [2.05, 4.69) is 0 Å². The predicted octanol–water partition coefficient (Wildman–Crippen LogP) is 1.76. The molecule has 0 amide bonds. The van der Waals surface area contributed by atoms with Crippen LogP contribution < -0.4 is 0 Å². The number of carbonyl (C=O) groups excluding carboxylic acids is 1. The molecule has 0 radical (unpaired) electrons. The van der Waals surface area contributed by atoms with Gasteiger partial charge in [0.25, 0.3) is 0 Å². The molecule has 19 heavy (non-hydrogen) atoms. The van der Waals surface area contributed by atoms with Crippen molar-refractivity contribution in [3.05, 3.63) is 35.9 Å². The number of aliphatic hydroxyl groups excluding tert-OH is 1. The molecule has 0 spiro atoms. The van der Waals surface area contributed by atoms with E-state index in [1.165, 1.54) is 0 Å². The number of rotatable bonds is 6. The van der Waals surface area contributed by atoms with E-state index < -0.39 is 12.1 Å². The summed E-state index contributed by atoms with van der Waals surface area (Å²) in [5.41, 5.74) is 0.920. The van der Waals surface area contributed by atoms with Gasteiger partial charge < -0.3 is 14.6 Å². The van der Waals surface area contributed by atoms with E-state index in [9.17, 15) is 9.90 Å². The van der Waals surface area contributed by atoms with Crippen LogP contribution in [-0.4, -0.2) is 30.4 Å². The first-order valence-corrected chi connectivity index (χ1v) is 6.63. The maximum Gasteiger partial charge on any atom is 0.335 e. The van der Waals surface area contributed by atoms with Gasteiger partial charge in [-0.15, -0.1) is 0 Å². The van der Waals surface area contributed by atoms with Crippen molar-refractivity contribution >= 4 is 5.97 Å². The first-order valence-electron chi connectivity index (χ1n) is 6.63. The van der Waals surface area contributed by atoms with E-state index in [0.717, 1.165) is 25.2 Å². The van der Waals surface area contributed by atoms with E-state index in [4.69, 9.17) is 9.47 Å². The molecule has 0 aromatic heterocycles. The third-order valence-corrected chi connectivity index (χ3v) is 3.42. The predicted molar refractivity (Wildman–Crippen MR) is 70.3 cm³/mol. The van der Waals surface area contributed by atoms with Gasteiger partial charge in [0.1, 0.15) is 6.61 Å². The van der Waals surface area contributed by atoms with Crippen molar-refractivity contribution in [2.75, 3.05) is 13.2 Å². The van der Waals surface area contributed by atoms with Gasteiger partial charge in [0.2, 0.25) is 0 Å². The molecule has 2 rings (SSSR count). The van der Waals surface area contributed by atoms with Gasteiger partial charge in [0.15, 0.2) is 6.10 Å². The molecule has 1 aromatic carbocycles. The first kappa shape index (κ1) is 14.0. The Morgan fingerprint density at radius 1 is 1.42 bits per heavy atom. The lowest BCUT2D eigenvalue weighted by molar-refractivity contribution is -0.158. The second-order valence-electron chi connectivity index (χ2n) is 5.15. The molecule has 0 aliphatic carbocycles. The van der Waals surface area contributed by atoms with Crippen molar-refractivity contribution in [3.8, 4) is 0 Å². The number of aliphatic hydroxyl groups is 1. The average molecular weight is 264 g/mol. The SMILES string of the molecule is CC(CC1COC1)C(O)C(=O)OCc1ccccc1. The zero-order valence-corrected chi connectivity index (χ0v) is 11.1. The molecular weight excluding hydrogens is 244 g/mol. The lowest BCUT2D eigenvalue weighted by atomic mass is 9.91. The summed E-state index contributed by atoms with van der Waals surface area (Å²) in [5.74, 6) is -0.180. The number of ether oxygens (including phenoxy) is 2. The monoisotopic (exact) mass is 264 g/mol. The van der Waals surface area contributed by atoms with Gasteiger partial charge in [-0.3, -0.25) is 0 Å². The molecule has 1 aliphatic heterocycles. The fourth-order valence-corrected chi connectivity index (χ4v) is 2.12. The third-order valence-electron chi connectivity index (χ3n) is 3.42. The summed E-state index contributed by atoms with van der Waals surface area (Å²) in [4.78, 5) is 11.7. The van der Waals surface area contributed by atoms with E-state index in [-0.39, 0.29) is 12.5 Å². The largest absolute Gasteiger partial charge is 0.459 e. The second kappa shape index (κ2) is 6.68. The summed E-state index contributed by atoms with van der Waals surface area (Å²) in [6.45, 7) is 3.54. The molecule has 0 saturated carbocycles. The lowest BCUT2D eigenvalue weighted by Gasteiger charge is -2.29. The third kappa shape index (κ3) is 4.04. The minimum absolute atomic E-state index is 0.0998. The van der Waals surface area contributed by atoms with Crippen molar-refractivity contribution < 1.29 is 19.4 Å². The highest BCUT2D eigenvalue weighted by molar-refractivity contribution is 5.74. The van der Waals surface area contributed by atoms with Crippen molar-refractivity contribution in [1.29, 1.82) is 0 Å². The van der Waals surface area contributed by atoms with Crippen LogP contribution >= 0.6 is 0 Å². The standard InChI is InChI=1S/C15H20O4/c1-11(7-13-8-18-9-13)14(16)15(17)19-10-12-5-3-2-4-6-12/h2-6,11,13-14,16H,7-10H2,1H3. The van der Waals surface area contributed by atoms with Crippen LogP contribution in [-0.2, 0) is 20.9 Å². The molecule has 1 heterocycles. The average Bonchev–Trinajstić information content (AvgIpc) is 2.40. The van der Waals surface area contributed by atoms with Crippen molar-refractivity contribution in [2.24, 2.45) is 11.8 Å². The lowest BCUT2D eigenvalue weighted by Crippen LogP contribution is -2.35. The Balaban J connectivity index is 1.75. The summed E-state index contributed by atoms with van der Waals surface area (Å²) >= 11 is 0. The Bertz CT molecular complexity index is 400. The minimum Gasteiger partial charge on any atom is -0.459 e. The van der Waals surface area contributed by atoms with Crippen molar-refractivity contribution in [1.82, 2.24) is 0 Å². The Morgan fingerprint density at radius 3 is 2.68 bits per heavy atom. The number of esters is 1. The van der Waals surface area contributed by atoms with Crippen LogP contribution in [0, 0.1) is 11.8 Å². The summed E-state index contributed by atoms with van der Waals surface area (Å²) in [5, 5.41) is 9.92. The summed E-state index contributed by atoms with van der Waals surface area (Å²) in [6.07, 6.45) is -0.258. The molecule has 1 aliphatic rings. The maximum atomic E-state index is 11.7. The van der Waals surface area contributed by atoms with Gasteiger partial charge >= 0.3 is 5.97 Å². The molecule has 0 bridgehead atoms. The number of benzene rings is 1. The van der Waals surface area contributed by atoms with E-state index >= 15 is 0 Å². The molecular formula is C15H20O4. The van der Waals surface area contributed by atoms with E-state index in [1.807, 2.05) is 37.3 Å². The highest BCUT2D eigenvalue weighted by Gasteiger charge is 2.29. The minimum atomic E-state index is -1.05. The van der Waals surface area contributed by atoms with Crippen molar-refractivity contribution in [3.63, 3.8) is 0 Å². The molecule has 2 atom stereocenters. The topological polar surface area (TPSA) is 55.8 Å². The van der Waals surface area contributed by atoms with Gasteiger partial charge in [-0.25, -0.2) is 4.79 Å². The Labute approximate surface area is 113 Å². The Morgan fingerprint density at radius 2 is 2.11 bits per heavy atom. The highest BCUT2D eigenvalue weighted by atomic mass is 16.5. The molecule has 1 saturated heterocycles. The smallest absolute Gasteiger partial charge is 0.335 e. The Hall–Kier alpha value is -1.39. The normalized spacial score (nSPS) is 18.4. The van der Waals surface area contributed by atoms with Gasteiger partial charge in [-0.05, 0) is 17.9 Å². The van der Waals surface area contributed by atoms with Crippen LogP contribution in [0.4, 0.5) is 0 Å². The summed E-state index contributed by atoms with van der Waals surface area (Å²) < 4.78 is 10.2. The van der Waals surface area contributed by atoms with Gasteiger partial charge in [0, 0.05) is 5.92 Å². The Kier molecular flexibility index (Phi) is 4.93. The fraction of sp³-hybridized carbons (Fsp3) is 0.533. The number of hydrogen-bond donors (Lipinski definition) is 1. The van der Waals surface area contributed by atoms with Gasteiger partial charge in [0.05, 0.1) is 13.2 Å². The summed E-state index contributed by atoms with van der Waals surface area (Å²) in [7, 11) is 0. The molecule has 4 nitrogen and oxygen atoms in total. The molecule has 4 heteroatoms. The summed E-state index contributed by atoms with van der Waals surface area (Å²) in [6, 6.07) is 9.45. The van der Waals surface area contributed by atoms with Crippen LogP contribution in [0.3, 0.4) is 0 Å². The number of carbonyl (C=O) groups is 1. The van der Waals surface area contributed by atoms with Crippen LogP contribution in [0.25, 0.3) is 0 Å². The number of hydrogen-bond acceptors (Lipinski definition) is 4. The van der Waals surface area contributed by atoms with Crippen LogP contribution in [0.5, 0.6) is 0 Å². The maximum absolute atomic E-state index is 11.7. The molecule has 1 fully saturated rings. The van der Waals surface area contributed by atoms with Crippen molar-refractivity contribution in [2.45, 2.75) is 26.1 Å². The quantitative estimate of drug-likeness (QED) is 0.795. The molecule has 1 aromatic rings. The van der Waals surface area contributed by atoms with Crippen LogP contribution in [0.15, 0.2) is 30.3 Å². The molecule has 1 N–H and O–H groups in total. The molecule has 104 valence electrons. The fourth-order valence-electron chi connectivity index (χ4n) is 2.12. The van der Waals surface area contributed by atoms with Gasteiger partial charge in [-0.2, -0.15) is 0 Å². The zero-order chi connectivity index (χ0) is 13.7. The molecule has 2 unspecified atom stereocenters. The van der Waals surface area contributed by atoms with Crippen LogP contribution in [0.1, 0.15) is 18.9 Å². The highest BCUT2D eigenvalue weighted by Crippen LogP contribution is 2.22.